The number of aryl methyl sites for hydroxylation is 2. The molecule has 0 aliphatic carbocycles. The maximum absolute atomic E-state index is 3.56. The van der Waals surface area contributed by atoms with Gasteiger partial charge >= 0.3 is 0 Å². The van der Waals surface area contributed by atoms with Crippen LogP contribution >= 0.6 is 0 Å². The highest BCUT2D eigenvalue weighted by molar-refractivity contribution is 5.45. The maximum atomic E-state index is 3.56. The maximum Gasteiger partial charge on any atom is 0.0322 e. The zero-order valence-corrected chi connectivity index (χ0v) is 15.1. The molecule has 0 saturated heterocycles. The van der Waals surface area contributed by atoms with Crippen LogP contribution in [0.25, 0.3) is 0 Å². The molecule has 1 nitrogen and oxygen atoms in total. The quantitative estimate of drug-likeness (QED) is 0.555. The number of hydrogen-bond donors (Lipinski definition) is 1. The van der Waals surface area contributed by atoms with Gasteiger partial charge in [0.2, 0.25) is 0 Å². The third kappa shape index (κ3) is 5.14. The van der Waals surface area contributed by atoms with Gasteiger partial charge in [0, 0.05) is 6.04 Å². The normalized spacial score (nSPS) is 12.7. The number of hydrogen-bond acceptors (Lipinski definition) is 1. The van der Waals surface area contributed by atoms with E-state index in [9.17, 15) is 0 Å². The fourth-order valence-corrected chi connectivity index (χ4v) is 3.33. The lowest BCUT2D eigenvalue weighted by Gasteiger charge is -2.24. The van der Waals surface area contributed by atoms with E-state index in [-0.39, 0.29) is 0 Å². The molecule has 0 fully saturated rings. The monoisotopic (exact) mass is 289 g/mol. The van der Waals surface area contributed by atoms with Gasteiger partial charge in [-0.05, 0) is 69.0 Å². The van der Waals surface area contributed by atoms with Crippen LogP contribution < -0.4 is 5.32 Å². The van der Waals surface area contributed by atoms with E-state index < -0.39 is 0 Å². The second-order valence-electron chi connectivity index (χ2n) is 6.57. The summed E-state index contributed by atoms with van der Waals surface area (Å²) >= 11 is 0. The Hall–Kier alpha value is -0.820. The van der Waals surface area contributed by atoms with Gasteiger partial charge in [-0.3, -0.25) is 0 Å². The first-order chi connectivity index (χ1) is 10.0. The van der Waals surface area contributed by atoms with Gasteiger partial charge in [-0.25, -0.2) is 0 Å². The molecule has 21 heavy (non-hydrogen) atoms. The molecule has 0 spiro atoms. The van der Waals surface area contributed by atoms with Crippen molar-refractivity contribution in [1.82, 2.24) is 5.32 Å². The first-order valence-corrected chi connectivity index (χ1v) is 8.77. The van der Waals surface area contributed by atoms with Gasteiger partial charge in [0.15, 0.2) is 0 Å². The van der Waals surface area contributed by atoms with Gasteiger partial charge in [-0.15, -0.1) is 0 Å². The SMILES string of the molecule is CCCCCCCCC(NC)c1c(C)c(C)cc(C)c1C. The number of benzene rings is 1. The standard InChI is InChI=1S/C20H35N/c1-7-8-9-10-11-12-13-19(21-6)20-17(4)15(2)14-16(3)18(20)5/h14,19,21H,7-13H2,1-6H3. The van der Waals surface area contributed by atoms with Gasteiger partial charge in [-0.1, -0.05) is 51.5 Å². The lowest BCUT2D eigenvalue weighted by Crippen LogP contribution is -2.19. The van der Waals surface area contributed by atoms with E-state index in [0.29, 0.717) is 6.04 Å². The van der Waals surface area contributed by atoms with Crippen LogP contribution in [0.15, 0.2) is 6.07 Å². The van der Waals surface area contributed by atoms with Gasteiger partial charge in [0.1, 0.15) is 0 Å². The summed E-state index contributed by atoms with van der Waals surface area (Å²) in [5.41, 5.74) is 7.35. The van der Waals surface area contributed by atoms with Crippen molar-refractivity contribution in [2.75, 3.05) is 7.05 Å². The van der Waals surface area contributed by atoms with Crippen LogP contribution in [0, 0.1) is 27.7 Å². The second-order valence-corrected chi connectivity index (χ2v) is 6.57. The smallest absolute Gasteiger partial charge is 0.0322 e. The summed E-state index contributed by atoms with van der Waals surface area (Å²) in [7, 11) is 2.11. The molecule has 1 heteroatoms. The molecule has 0 saturated carbocycles. The highest BCUT2D eigenvalue weighted by Gasteiger charge is 2.16. The first kappa shape index (κ1) is 18.2. The van der Waals surface area contributed by atoms with Crippen LogP contribution in [0.5, 0.6) is 0 Å². The third-order valence-electron chi connectivity index (χ3n) is 4.97. The second kappa shape index (κ2) is 9.25. The Labute approximate surface area is 132 Å². The topological polar surface area (TPSA) is 12.0 Å². The predicted octanol–water partition coefficient (Wildman–Crippen LogP) is 5.93. The van der Waals surface area contributed by atoms with Crippen molar-refractivity contribution in [3.05, 3.63) is 33.9 Å². The Morgan fingerprint density at radius 3 is 1.90 bits per heavy atom. The van der Waals surface area contributed by atoms with E-state index >= 15 is 0 Å². The average Bonchev–Trinajstić information content (AvgIpc) is 2.47. The van der Waals surface area contributed by atoms with Crippen LogP contribution in [0.4, 0.5) is 0 Å². The summed E-state index contributed by atoms with van der Waals surface area (Å²) in [6, 6.07) is 2.83. The molecular formula is C20H35N. The molecule has 1 aromatic rings. The molecule has 120 valence electrons. The Kier molecular flexibility index (Phi) is 8.03. The molecule has 1 aromatic carbocycles. The molecule has 0 bridgehead atoms. The van der Waals surface area contributed by atoms with Crippen molar-refractivity contribution in [2.45, 2.75) is 85.6 Å². The van der Waals surface area contributed by atoms with Crippen molar-refractivity contribution >= 4 is 0 Å². The van der Waals surface area contributed by atoms with E-state index in [1.165, 1.54) is 67.2 Å². The van der Waals surface area contributed by atoms with Crippen molar-refractivity contribution < 1.29 is 0 Å². The largest absolute Gasteiger partial charge is 0.313 e. The molecule has 1 atom stereocenters. The van der Waals surface area contributed by atoms with E-state index in [1.54, 1.807) is 5.56 Å². The predicted molar refractivity (Wildman–Crippen MR) is 95.2 cm³/mol. The first-order valence-electron chi connectivity index (χ1n) is 8.77. The summed E-state index contributed by atoms with van der Waals surface area (Å²) in [5.74, 6) is 0. The Morgan fingerprint density at radius 1 is 0.857 bits per heavy atom. The molecule has 1 unspecified atom stereocenters. The van der Waals surface area contributed by atoms with Gasteiger partial charge in [-0.2, -0.15) is 0 Å². The molecule has 1 rings (SSSR count). The molecule has 0 amide bonds. The number of nitrogens with one attached hydrogen (secondary N) is 1. The van der Waals surface area contributed by atoms with Crippen molar-refractivity contribution in [3.63, 3.8) is 0 Å². The zero-order valence-electron chi connectivity index (χ0n) is 15.1. The highest BCUT2D eigenvalue weighted by atomic mass is 14.9. The van der Waals surface area contributed by atoms with Crippen LogP contribution in [0.2, 0.25) is 0 Å². The van der Waals surface area contributed by atoms with E-state index in [2.05, 4.69) is 53.0 Å². The third-order valence-corrected chi connectivity index (χ3v) is 4.97. The minimum absolute atomic E-state index is 0.509. The van der Waals surface area contributed by atoms with Crippen LogP contribution in [-0.4, -0.2) is 7.05 Å². The van der Waals surface area contributed by atoms with Crippen molar-refractivity contribution in [2.24, 2.45) is 0 Å². The van der Waals surface area contributed by atoms with Crippen LogP contribution in [0.1, 0.15) is 85.7 Å². The van der Waals surface area contributed by atoms with Crippen molar-refractivity contribution in [3.8, 4) is 0 Å². The molecule has 1 N–H and O–H groups in total. The van der Waals surface area contributed by atoms with E-state index in [0.717, 1.165) is 0 Å². The fraction of sp³-hybridized carbons (Fsp3) is 0.700. The van der Waals surface area contributed by atoms with Crippen LogP contribution in [-0.2, 0) is 0 Å². The van der Waals surface area contributed by atoms with E-state index in [1.807, 2.05) is 0 Å². The number of unbranched alkanes of at least 4 members (excludes halogenated alkanes) is 5. The van der Waals surface area contributed by atoms with E-state index in [4.69, 9.17) is 0 Å². The van der Waals surface area contributed by atoms with Gasteiger partial charge in [0.25, 0.3) is 0 Å². The summed E-state index contributed by atoms with van der Waals surface area (Å²) in [5, 5.41) is 3.56. The highest BCUT2D eigenvalue weighted by Crippen LogP contribution is 2.30. The Bertz CT molecular complexity index is 408. The van der Waals surface area contributed by atoms with Gasteiger partial charge < -0.3 is 5.32 Å². The Balaban J connectivity index is 2.68. The molecule has 0 aliphatic rings. The molecule has 0 aliphatic heterocycles. The van der Waals surface area contributed by atoms with Gasteiger partial charge in [0.05, 0.1) is 0 Å². The lowest BCUT2D eigenvalue weighted by molar-refractivity contribution is 0.494. The van der Waals surface area contributed by atoms with Crippen molar-refractivity contribution in [1.29, 1.82) is 0 Å². The summed E-state index contributed by atoms with van der Waals surface area (Å²) in [6.45, 7) is 11.3. The average molecular weight is 290 g/mol. The lowest BCUT2D eigenvalue weighted by atomic mass is 9.87. The molecule has 0 aromatic heterocycles. The number of rotatable bonds is 9. The minimum atomic E-state index is 0.509. The molecule has 0 heterocycles. The molecular weight excluding hydrogens is 254 g/mol. The van der Waals surface area contributed by atoms with Crippen LogP contribution in [0.3, 0.4) is 0 Å². The Morgan fingerprint density at radius 2 is 1.38 bits per heavy atom. The fourth-order valence-electron chi connectivity index (χ4n) is 3.33. The zero-order chi connectivity index (χ0) is 15.8. The molecule has 0 radical (unpaired) electrons. The minimum Gasteiger partial charge on any atom is -0.313 e. The summed E-state index contributed by atoms with van der Waals surface area (Å²) < 4.78 is 0. The summed E-state index contributed by atoms with van der Waals surface area (Å²) in [6.07, 6.45) is 9.50. The summed E-state index contributed by atoms with van der Waals surface area (Å²) in [4.78, 5) is 0.